The SMILES string of the molecule is CC(C)CC(CC(C)C)(C[N+](C)(C)Cc1ccccc1)Oc1ccccc1. The summed E-state index contributed by atoms with van der Waals surface area (Å²) in [5.41, 5.74) is 1.22. The van der Waals surface area contributed by atoms with Gasteiger partial charge in [-0.1, -0.05) is 76.2 Å². The third kappa shape index (κ3) is 7.38. The van der Waals surface area contributed by atoms with Crippen LogP contribution in [0.2, 0.25) is 0 Å². The molecule has 0 saturated heterocycles. The zero-order valence-corrected chi connectivity index (χ0v) is 18.1. The minimum absolute atomic E-state index is 0.165. The molecule has 0 amide bonds. The van der Waals surface area contributed by atoms with Gasteiger partial charge in [0, 0.05) is 5.56 Å². The van der Waals surface area contributed by atoms with Crippen molar-refractivity contribution in [2.75, 3.05) is 20.6 Å². The van der Waals surface area contributed by atoms with Crippen LogP contribution in [0.5, 0.6) is 5.75 Å². The first kappa shape index (κ1) is 21.5. The van der Waals surface area contributed by atoms with Crippen molar-refractivity contribution >= 4 is 0 Å². The highest BCUT2D eigenvalue weighted by Gasteiger charge is 2.40. The number of hydrogen-bond donors (Lipinski definition) is 0. The van der Waals surface area contributed by atoms with Gasteiger partial charge in [0.15, 0.2) is 5.60 Å². The molecule has 0 saturated carbocycles. The third-order valence-electron chi connectivity index (χ3n) is 4.81. The van der Waals surface area contributed by atoms with Crippen LogP contribution in [-0.2, 0) is 6.54 Å². The molecule has 2 heteroatoms. The van der Waals surface area contributed by atoms with Gasteiger partial charge in [0.05, 0.1) is 14.1 Å². The van der Waals surface area contributed by atoms with E-state index in [0.29, 0.717) is 11.8 Å². The van der Waals surface area contributed by atoms with Crippen LogP contribution in [0.3, 0.4) is 0 Å². The molecule has 148 valence electrons. The van der Waals surface area contributed by atoms with Crippen LogP contribution in [-0.4, -0.2) is 30.7 Å². The van der Waals surface area contributed by atoms with Crippen molar-refractivity contribution in [2.24, 2.45) is 11.8 Å². The number of quaternary nitrogens is 1. The molecule has 2 aromatic rings. The minimum atomic E-state index is -0.165. The second kappa shape index (κ2) is 9.41. The molecule has 0 fully saturated rings. The van der Waals surface area contributed by atoms with Gasteiger partial charge in [-0.25, -0.2) is 0 Å². The second-order valence-corrected chi connectivity index (χ2v) is 9.53. The van der Waals surface area contributed by atoms with Crippen LogP contribution < -0.4 is 4.74 Å². The summed E-state index contributed by atoms with van der Waals surface area (Å²) in [5, 5.41) is 0. The number of rotatable bonds is 10. The van der Waals surface area contributed by atoms with E-state index in [2.05, 4.69) is 102 Å². The van der Waals surface area contributed by atoms with E-state index >= 15 is 0 Å². The highest BCUT2D eigenvalue weighted by atomic mass is 16.5. The molecule has 2 rings (SSSR count). The van der Waals surface area contributed by atoms with Crippen LogP contribution in [0.25, 0.3) is 0 Å². The summed E-state index contributed by atoms with van der Waals surface area (Å²) in [7, 11) is 4.66. The Bertz CT molecular complexity index is 651. The third-order valence-corrected chi connectivity index (χ3v) is 4.81. The fourth-order valence-electron chi connectivity index (χ4n) is 4.47. The van der Waals surface area contributed by atoms with Crippen molar-refractivity contribution in [3.05, 3.63) is 66.2 Å². The van der Waals surface area contributed by atoms with Crippen molar-refractivity contribution in [1.82, 2.24) is 0 Å². The van der Waals surface area contributed by atoms with E-state index in [0.717, 1.165) is 36.2 Å². The molecule has 0 spiro atoms. The minimum Gasteiger partial charge on any atom is -0.481 e. The highest BCUT2D eigenvalue weighted by molar-refractivity contribution is 5.22. The molecule has 0 heterocycles. The quantitative estimate of drug-likeness (QED) is 0.455. The Morgan fingerprint density at radius 1 is 0.778 bits per heavy atom. The summed E-state index contributed by atoms with van der Waals surface area (Å²) in [6.07, 6.45) is 2.13. The molecule has 0 aliphatic rings. The monoisotopic (exact) mass is 368 g/mol. The summed E-state index contributed by atoms with van der Waals surface area (Å²) in [6.45, 7) is 11.2. The first-order chi connectivity index (χ1) is 12.7. The van der Waals surface area contributed by atoms with Crippen molar-refractivity contribution in [2.45, 2.75) is 52.7 Å². The van der Waals surface area contributed by atoms with Gasteiger partial charge < -0.3 is 9.22 Å². The fourth-order valence-corrected chi connectivity index (χ4v) is 4.47. The van der Waals surface area contributed by atoms with Crippen LogP contribution in [0, 0.1) is 11.8 Å². The lowest BCUT2D eigenvalue weighted by Gasteiger charge is -2.43. The zero-order chi connectivity index (χ0) is 19.9. The lowest BCUT2D eigenvalue weighted by atomic mass is 9.83. The molecule has 0 atom stereocenters. The molecular formula is C25H38NO+. The van der Waals surface area contributed by atoms with Gasteiger partial charge in [0.2, 0.25) is 0 Å². The van der Waals surface area contributed by atoms with E-state index in [4.69, 9.17) is 4.74 Å². The zero-order valence-electron chi connectivity index (χ0n) is 18.1. The van der Waals surface area contributed by atoms with E-state index in [1.807, 2.05) is 0 Å². The van der Waals surface area contributed by atoms with Gasteiger partial charge >= 0.3 is 0 Å². The van der Waals surface area contributed by atoms with Crippen LogP contribution in [0.4, 0.5) is 0 Å². The van der Waals surface area contributed by atoms with E-state index in [1.165, 1.54) is 5.56 Å². The molecule has 2 nitrogen and oxygen atoms in total. The van der Waals surface area contributed by atoms with Gasteiger partial charge in [0.25, 0.3) is 0 Å². The Kier molecular flexibility index (Phi) is 7.49. The highest BCUT2D eigenvalue weighted by Crippen LogP contribution is 2.33. The summed E-state index contributed by atoms with van der Waals surface area (Å²) in [6, 6.07) is 21.2. The average molecular weight is 369 g/mol. The maximum Gasteiger partial charge on any atom is 0.158 e. The topological polar surface area (TPSA) is 9.23 Å². The average Bonchev–Trinajstić information content (AvgIpc) is 2.54. The Morgan fingerprint density at radius 3 is 1.74 bits per heavy atom. The van der Waals surface area contributed by atoms with E-state index in [9.17, 15) is 0 Å². The first-order valence-electron chi connectivity index (χ1n) is 10.3. The number of nitrogens with zero attached hydrogens (tertiary/aromatic N) is 1. The van der Waals surface area contributed by atoms with Crippen molar-refractivity contribution < 1.29 is 9.22 Å². The predicted molar refractivity (Wildman–Crippen MR) is 116 cm³/mol. The van der Waals surface area contributed by atoms with Crippen molar-refractivity contribution in [3.63, 3.8) is 0 Å². The maximum absolute atomic E-state index is 6.78. The summed E-state index contributed by atoms with van der Waals surface area (Å²) in [4.78, 5) is 0. The Balaban J connectivity index is 2.30. The Morgan fingerprint density at radius 2 is 1.26 bits per heavy atom. The lowest BCUT2D eigenvalue weighted by Crippen LogP contribution is -2.55. The number of para-hydroxylation sites is 1. The van der Waals surface area contributed by atoms with Gasteiger partial charge in [-0.15, -0.1) is 0 Å². The molecule has 27 heavy (non-hydrogen) atoms. The molecule has 0 radical (unpaired) electrons. The number of likely N-dealkylation sites (N-methyl/N-ethyl adjacent to an activating group) is 1. The Hall–Kier alpha value is -1.80. The van der Waals surface area contributed by atoms with Gasteiger partial charge in [0.1, 0.15) is 18.8 Å². The standard InChI is InChI=1S/C25H38NO/c1-21(2)17-25(18-22(3)4,27-24-15-11-8-12-16-24)20-26(5,6)19-23-13-9-7-10-14-23/h7-16,21-22H,17-20H2,1-6H3/q+1. The molecular weight excluding hydrogens is 330 g/mol. The van der Waals surface area contributed by atoms with Crippen LogP contribution in [0.15, 0.2) is 60.7 Å². The number of ether oxygens (including phenoxy) is 1. The van der Waals surface area contributed by atoms with Crippen LogP contribution >= 0.6 is 0 Å². The largest absolute Gasteiger partial charge is 0.481 e. The first-order valence-corrected chi connectivity index (χ1v) is 10.3. The Labute approximate surface area is 166 Å². The maximum atomic E-state index is 6.78. The molecule has 0 unspecified atom stereocenters. The summed E-state index contributed by atoms with van der Waals surface area (Å²) >= 11 is 0. The predicted octanol–water partition coefficient (Wildman–Crippen LogP) is 6.17. The molecule has 0 aliphatic heterocycles. The summed E-state index contributed by atoms with van der Waals surface area (Å²) < 4.78 is 7.69. The van der Waals surface area contributed by atoms with Crippen molar-refractivity contribution in [1.29, 1.82) is 0 Å². The molecule has 0 N–H and O–H groups in total. The normalized spacial score (nSPS) is 12.6. The van der Waals surface area contributed by atoms with Gasteiger partial charge in [-0.3, -0.25) is 0 Å². The second-order valence-electron chi connectivity index (χ2n) is 9.53. The van der Waals surface area contributed by atoms with E-state index < -0.39 is 0 Å². The van der Waals surface area contributed by atoms with Crippen molar-refractivity contribution in [3.8, 4) is 5.75 Å². The van der Waals surface area contributed by atoms with Crippen LogP contribution in [0.1, 0.15) is 46.1 Å². The van der Waals surface area contributed by atoms with Gasteiger partial charge in [-0.05, 0) is 36.8 Å². The summed E-state index contributed by atoms with van der Waals surface area (Å²) in [5.74, 6) is 2.16. The molecule has 0 aromatic heterocycles. The van der Waals surface area contributed by atoms with E-state index in [1.54, 1.807) is 0 Å². The number of benzene rings is 2. The smallest absolute Gasteiger partial charge is 0.158 e. The molecule has 0 bridgehead atoms. The lowest BCUT2D eigenvalue weighted by molar-refractivity contribution is -0.909. The fraction of sp³-hybridized carbons (Fsp3) is 0.520. The molecule has 0 aliphatic carbocycles. The molecule has 2 aromatic carbocycles. The van der Waals surface area contributed by atoms with Gasteiger partial charge in [-0.2, -0.15) is 0 Å². The number of hydrogen-bond acceptors (Lipinski definition) is 1. The van der Waals surface area contributed by atoms with E-state index in [-0.39, 0.29) is 5.60 Å².